The topological polar surface area (TPSA) is 98.0 Å². The fraction of sp³-hybridized carbons (Fsp3) is 0.167. The number of aromatic nitrogens is 2. The van der Waals surface area contributed by atoms with Gasteiger partial charge < -0.3 is 5.32 Å². The third kappa shape index (κ3) is 4.65. The summed E-state index contributed by atoms with van der Waals surface area (Å²) in [5.74, 6) is -0.154. The zero-order valence-corrected chi connectivity index (χ0v) is 11.0. The minimum atomic E-state index is -3.48. The Kier molecular flexibility index (Phi) is 4.08. The van der Waals surface area contributed by atoms with Gasteiger partial charge in [0.1, 0.15) is 6.33 Å². The number of nitrogens with zero attached hydrogens (tertiary/aromatic N) is 2. The van der Waals surface area contributed by atoms with Gasteiger partial charge in [-0.2, -0.15) is 0 Å². The number of anilines is 1. The second-order valence-corrected chi connectivity index (χ2v) is 5.67. The van der Waals surface area contributed by atoms with Gasteiger partial charge in [-0.3, -0.25) is 0 Å². The van der Waals surface area contributed by atoms with Crippen LogP contribution in [0.1, 0.15) is 11.3 Å². The number of rotatable bonds is 5. The summed E-state index contributed by atoms with van der Waals surface area (Å²) in [7, 11) is -3.48. The summed E-state index contributed by atoms with van der Waals surface area (Å²) < 4.78 is 21.9. The lowest BCUT2D eigenvalue weighted by Gasteiger charge is -2.06. The molecule has 6 nitrogen and oxygen atoms in total. The zero-order valence-electron chi connectivity index (χ0n) is 10.2. The summed E-state index contributed by atoms with van der Waals surface area (Å²) in [6, 6.07) is 8.89. The van der Waals surface area contributed by atoms with E-state index in [2.05, 4.69) is 15.3 Å². The van der Waals surface area contributed by atoms with Crippen LogP contribution in [0, 0.1) is 0 Å². The van der Waals surface area contributed by atoms with Gasteiger partial charge in [0.25, 0.3) is 0 Å². The normalized spacial score (nSPS) is 11.2. The Morgan fingerprint density at radius 3 is 2.47 bits per heavy atom. The van der Waals surface area contributed by atoms with Crippen molar-refractivity contribution >= 4 is 15.7 Å². The molecular formula is C12H14N4O2S. The summed E-state index contributed by atoms with van der Waals surface area (Å²) in [6.07, 6.45) is 3.17. The van der Waals surface area contributed by atoms with Crippen molar-refractivity contribution in [3.63, 3.8) is 0 Å². The molecule has 0 saturated carbocycles. The molecular weight excluding hydrogens is 264 g/mol. The molecule has 0 unspecified atom stereocenters. The summed E-state index contributed by atoms with van der Waals surface area (Å²) in [5.41, 5.74) is 2.43. The Hall–Kier alpha value is -1.99. The maximum absolute atomic E-state index is 10.9. The molecule has 1 aromatic heterocycles. The molecule has 100 valence electrons. The van der Waals surface area contributed by atoms with Crippen molar-refractivity contribution in [2.75, 3.05) is 5.32 Å². The van der Waals surface area contributed by atoms with Crippen LogP contribution in [0.4, 0.5) is 5.69 Å². The molecule has 1 aromatic carbocycles. The highest BCUT2D eigenvalue weighted by molar-refractivity contribution is 7.88. The number of benzene rings is 1. The Morgan fingerprint density at radius 1 is 1.16 bits per heavy atom. The predicted octanol–water partition coefficient (Wildman–Crippen LogP) is 0.877. The van der Waals surface area contributed by atoms with Gasteiger partial charge in [0.2, 0.25) is 10.0 Å². The van der Waals surface area contributed by atoms with Crippen LogP contribution in [0.3, 0.4) is 0 Å². The van der Waals surface area contributed by atoms with Crippen LogP contribution in [0.2, 0.25) is 0 Å². The molecule has 19 heavy (non-hydrogen) atoms. The van der Waals surface area contributed by atoms with E-state index in [4.69, 9.17) is 5.14 Å². The lowest BCUT2D eigenvalue weighted by atomic mass is 10.2. The van der Waals surface area contributed by atoms with Crippen molar-refractivity contribution in [3.8, 4) is 0 Å². The second-order valence-electron chi connectivity index (χ2n) is 4.06. The van der Waals surface area contributed by atoms with E-state index in [1.165, 1.54) is 6.33 Å². The van der Waals surface area contributed by atoms with Gasteiger partial charge in [0, 0.05) is 11.9 Å². The number of hydrogen-bond acceptors (Lipinski definition) is 5. The van der Waals surface area contributed by atoms with E-state index in [-0.39, 0.29) is 5.75 Å². The lowest BCUT2D eigenvalue weighted by Crippen LogP contribution is -2.14. The SMILES string of the molecule is NS(=O)(=O)Cc1ccc(NCc2ccncn2)cc1. The lowest BCUT2D eigenvalue weighted by molar-refractivity contribution is 0.597. The number of sulfonamides is 1. The van der Waals surface area contributed by atoms with Crippen LogP contribution in [0.15, 0.2) is 42.9 Å². The largest absolute Gasteiger partial charge is 0.379 e. The van der Waals surface area contributed by atoms with E-state index >= 15 is 0 Å². The fourth-order valence-corrected chi connectivity index (χ4v) is 2.22. The Labute approximate surface area is 111 Å². The molecule has 0 aliphatic carbocycles. The van der Waals surface area contributed by atoms with Gasteiger partial charge in [0.05, 0.1) is 18.0 Å². The van der Waals surface area contributed by atoms with Gasteiger partial charge in [-0.15, -0.1) is 0 Å². The van der Waals surface area contributed by atoms with Crippen molar-refractivity contribution in [2.45, 2.75) is 12.3 Å². The third-order valence-corrected chi connectivity index (χ3v) is 3.17. The molecule has 0 atom stereocenters. The highest BCUT2D eigenvalue weighted by Crippen LogP contribution is 2.12. The number of nitrogens with two attached hydrogens (primary N) is 1. The van der Waals surface area contributed by atoms with E-state index in [9.17, 15) is 8.42 Å². The van der Waals surface area contributed by atoms with E-state index < -0.39 is 10.0 Å². The molecule has 0 amide bonds. The first-order valence-electron chi connectivity index (χ1n) is 5.61. The van der Waals surface area contributed by atoms with Crippen molar-refractivity contribution in [1.29, 1.82) is 0 Å². The number of nitrogens with one attached hydrogen (secondary N) is 1. The third-order valence-electron chi connectivity index (χ3n) is 2.44. The van der Waals surface area contributed by atoms with Crippen LogP contribution >= 0.6 is 0 Å². The summed E-state index contributed by atoms with van der Waals surface area (Å²) >= 11 is 0. The molecule has 3 N–H and O–H groups in total. The van der Waals surface area contributed by atoms with Crippen molar-refractivity contribution in [3.05, 3.63) is 54.1 Å². The fourth-order valence-electron chi connectivity index (χ4n) is 1.57. The van der Waals surface area contributed by atoms with Gasteiger partial charge in [-0.1, -0.05) is 12.1 Å². The Balaban J connectivity index is 1.96. The first kappa shape index (κ1) is 13.4. The maximum Gasteiger partial charge on any atom is 0.213 e. The van der Waals surface area contributed by atoms with Crippen LogP contribution in [0.5, 0.6) is 0 Å². The second kappa shape index (κ2) is 5.77. The van der Waals surface area contributed by atoms with Crippen molar-refractivity contribution in [2.24, 2.45) is 5.14 Å². The van der Waals surface area contributed by atoms with Crippen LogP contribution in [0.25, 0.3) is 0 Å². The first-order valence-corrected chi connectivity index (χ1v) is 7.33. The maximum atomic E-state index is 10.9. The van der Waals surface area contributed by atoms with Crippen LogP contribution in [-0.4, -0.2) is 18.4 Å². The molecule has 0 fully saturated rings. The first-order chi connectivity index (χ1) is 9.03. The molecule has 0 bridgehead atoms. The van der Waals surface area contributed by atoms with Crippen molar-refractivity contribution in [1.82, 2.24) is 9.97 Å². The average Bonchev–Trinajstić information content (AvgIpc) is 2.37. The van der Waals surface area contributed by atoms with E-state index in [0.717, 1.165) is 11.4 Å². The van der Waals surface area contributed by atoms with Gasteiger partial charge in [-0.05, 0) is 23.8 Å². The molecule has 0 spiro atoms. The summed E-state index contributed by atoms with van der Waals surface area (Å²) in [6.45, 7) is 0.580. The monoisotopic (exact) mass is 278 g/mol. The molecule has 0 saturated heterocycles. The van der Waals surface area contributed by atoms with E-state index in [0.29, 0.717) is 12.1 Å². The summed E-state index contributed by atoms with van der Waals surface area (Å²) in [5, 5.41) is 8.16. The Bertz CT molecular complexity index is 627. The zero-order chi connectivity index (χ0) is 13.7. The average molecular weight is 278 g/mol. The van der Waals surface area contributed by atoms with E-state index in [1.807, 2.05) is 18.2 Å². The van der Waals surface area contributed by atoms with Crippen LogP contribution < -0.4 is 10.5 Å². The highest BCUT2D eigenvalue weighted by Gasteiger charge is 2.04. The molecule has 1 heterocycles. The van der Waals surface area contributed by atoms with Crippen molar-refractivity contribution < 1.29 is 8.42 Å². The molecule has 0 aliphatic heterocycles. The minimum absolute atomic E-state index is 0.154. The highest BCUT2D eigenvalue weighted by atomic mass is 32.2. The number of primary sulfonamides is 1. The molecule has 2 rings (SSSR count). The predicted molar refractivity (Wildman–Crippen MR) is 72.6 cm³/mol. The quantitative estimate of drug-likeness (QED) is 0.846. The Morgan fingerprint density at radius 2 is 1.89 bits per heavy atom. The number of hydrogen-bond donors (Lipinski definition) is 2. The van der Waals surface area contributed by atoms with Gasteiger partial charge in [-0.25, -0.2) is 23.5 Å². The minimum Gasteiger partial charge on any atom is -0.379 e. The molecule has 2 aromatic rings. The van der Waals surface area contributed by atoms with Gasteiger partial charge >= 0.3 is 0 Å². The van der Waals surface area contributed by atoms with E-state index in [1.54, 1.807) is 18.3 Å². The molecule has 0 aliphatic rings. The molecule has 0 radical (unpaired) electrons. The van der Waals surface area contributed by atoms with Gasteiger partial charge in [0.15, 0.2) is 0 Å². The summed E-state index contributed by atoms with van der Waals surface area (Å²) in [4.78, 5) is 7.93. The molecule has 7 heteroatoms. The van der Waals surface area contributed by atoms with Crippen LogP contribution in [-0.2, 0) is 22.3 Å². The standard InChI is InChI=1S/C12H14N4O2S/c13-19(17,18)8-10-1-3-11(4-2-10)15-7-12-5-6-14-9-16-12/h1-6,9,15H,7-8H2,(H2,13,17,18). The smallest absolute Gasteiger partial charge is 0.213 e.